The van der Waals surface area contributed by atoms with Crippen molar-refractivity contribution in [3.05, 3.63) is 53.3 Å². The number of rotatable bonds is 5. The summed E-state index contributed by atoms with van der Waals surface area (Å²) >= 11 is 0. The lowest BCUT2D eigenvalue weighted by atomic mass is 9.99. The number of benzene rings is 1. The number of phenols is 1. The van der Waals surface area contributed by atoms with Gasteiger partial charge in [-0.25, -0.2) is 0 Å². The molecule has 0 aliphatic rings. The number of nitrogens with zero attached hydrogens (tertiary/aromatic N) is 1. The Labute approximate surface area is 131 Å². The first kappa shape index (κ1) is 16.0. The van der Waals surface area contributed by atoms with E-state index in [2.05, 4.69) is 10.3 Å². The molecular weight excluding hydrogens is 276 g/mol. The van der Waals surface area contributed by atoms with Gasteiger partial charge in [-0.1, -0.05) is 19.9 Å². The Hall–Kier alpha value is -2.36. The Kier molecular flexibility index (Phi) is 5.15. The number of carbonyl (C=O) groups excluding carboxylic acids is 1. The van der Waals surface area contributed by atoms with Crippen LogP contribution in [0.1, 0.15) is 43.0 Å². The first-order chi connectivity index (χ1) is 10.5. The number of anilines is 1. The molecular formula is C18H22N2O2. The van der Waals surface area contributed by atoms with Gasteiger partial charge in [0, 0.05) is 24.0 Å². The molecule has 2 N–H and O–H groups in total. The number of nitrogens with one attached hydrogen (secondary N) is 1. The molecule has 0 aliphatic carbocycles. The van der Waals surface area contributed by atoms with Crippen LogP contribution in [-0.4, -0.2) is 16.0 Å². The molecule has 116 valence electrons. The normalized spacial score (nSPS) is 10.7. The molecule has 2 aromatic rings. The Morgan fingerprint density at radius 3 is 2.73 bits per heavy atom. The van der Waals surface area contributed by atoms with Crippen LogP contribution < -0.4 is 5.32 Å². The van der Waals surface area contributed by atoms with E-state index in [4.69, 9.17) is 0 Å². The zero-order valence-corrected chi connectivity index (χ0v) is 13.3. The second-order valence-electron chi connectivity index (χ2n) is 5.75. The Morgan fingerprint density at radius 2 is 2.09 bits per heavy atom. The van der Waals surface area contributed by atoms with Gasteiger partial charge in [-0.05, 0) is 54.7 Å². The summed E-state index contributed by atoms with van der Waals surface area (Å²) in [4.78, 5) is 16.3. The summed E-state index contributed by atoms with van der Waals surface area (Å²) in [5.74, 6) is 0.429. The number of pyridine rings is 1. The van der Waals surface area contributed by atoms with E-state index in [1.165, 1.54) is 0 Å². The van der Waals surface area contributed by atoms with Gasteiger partial charge in [-0.15, -0.1) is 0 Å². The zero-order valence-electron chi connectivity index (χ0n) is 13.3. The quantitative estimate of drug-likeness (QED) is 0.826. The average Bonchev–Trinajstić information content (AvgIpc) is 2.48. The summed E-state index contributed by atoms with van der Waals surface area (Å²) in [7, 11) is 0. The maximum Gasteiger partial charge on any atom is 0.224 e. The molecule has 0 saturated carbocycles. The summed E-state index contributed by atoms with van der Waals surface area (Å²) in [5, 5.41) is 12.9. The van der Waals surface area contributed by atoms with Gasteiger partial charge in [0.05, 0.1) is 0 Å². The van der Waals surface area contributed by atoms with Crippen molar-refractivity contribution in [2.45, 2.75) is 39.5 Å². The van der Waals surface area contributed by atoms with Crippen LogP contribution in [0, 0.1) is 6.92 Å². The first-order valence-corrected chi connectivity index (χ1v) is 7.50. The summed E-state index contributed by atoms with van der Waals surface area (Å²) < 4.78 is 0. The molecule has 0 bridgehead atoms. The van der Waals surface area contributed by atoms with Crippen LogP contribution in [0.2, 0.25) is 0 Å². The van der Waals surface area contributed by atoms with Crippen molar-refractivity contribution >= 4 is 11.6 Å². The molecule has 2 rings (SSSR count). The highest BCUT2D eigenvalue weighted by atomic mass is 16.3. The lowest BCUT2D eigenvalue weighted by Crippen LogP contribution is -2.14. The molecule has 0 spiro atoms. The summed E-state index contributed by atoms with van der Waals surface area (Å²) in [6.45, 7) is 5.90. The molecule has 22 heavy (non-hydrogen) atoms. The standard InChI is InChI=1S/C18H22N2O2/c1-12(2)15-11-16(13(3)10-17(15)21)20-18(22)8-7-14-6-4-5-9-19-14/h4-6,9-12,21H,7-8H2,1-3H3,(H,20,22). The molecule has 1 aromatic carbocycles. The van der Waals surface area contributed by atoms with E-state index in [9.17, 15) is 9.90 Å². The van der Waals surface area contributed by atoms with Gasteiger partial charge in [0.25, 0.3) is 0 Å². The third-order valence-corrected chi connectivity index (χ3v) is 3.60. The van der Waals surface area contributed by atoms with Gasteiger partial charge >= 0.3 is 0 Å². The van der Waals surface area contributed by atoms with Gasteiger partial charge in [0.1, 0.15) is 5.75 Å². The van der Waals surface area contributed by atoms with Crippen molar-refractivity contribution < 1.29 is 9.90 Å². The summed E-state index contributed by atoms with van der Waals surface area (Å²) in [6, 6.07) is 9.24. The molecule has 4 nitrogen and oxygen atoms in total. The molecule has 1 amide bonds. The molecule has 0 atom stereocenters. The molecule has 4 heteroatoms. The van der Waals surface area contributed by atoms with Crippen molar-refractivity contribution in [2.75, 3.05) is 5.32 Å². The predicted molar refractivity (Wildman–Crippen MR) is 88.1 cm³/mol. The highest BCUT2D eigenvalue weighted by Crippen LogP contribution is 2.31. The van der Waals surface area contributed by atoms with Crippen LogP contribution >= 0.6 is 0 Å². The van der Waals surface area contributed by atoms with Gasteiger partial charge in [0.15, 0.2) is 0 Å². The Balaban J connectivity index is 2.03. The van der Waals surface area contributed by atoms with Gasteiger partial charge in [-0.2, -0.15) is 0 Å². The number of aromatic hydroxyl groups is 1. The fraction of sp³-hybridized carbons (Fsp3) is 0.333. The molecule has 0 fully saturated rings. The topological polar surface area (TPSA) is 62.2 Å². The second-order valence-corrected chi connectivity index (χ2v) is 5.75. The minimum absolute atomic E-state index is 0.0471. The van der Waals surface area contributed by atoms with E-state index in [0.29, 0.717) is 12.8 Å². The Morgan fingerprint density at radius 1 is 1.32 bits per heavy atom. The molecule has 0 radical (unpaired) electrons. The maximum atomic E-state index is 12.1. The van der Waals surface area contributed by atoms with Crippen LogP contribution in [0.15, 0.2) is 36.5 Å². The largest absolute Gasteiger partial charge is 0.508 e. The van der Waals surface area contributed by atoms with Gasteiger partial charge in [0.2, 0.25) is 5.91 Å². The lowest BCUT2D eigenvalue weighted by Gasteiger charge is -2.14. The van der Waals surface area contributed by atoms with Crippen LogP contribution in [0.3, 0.4) is 0 Å². The van der Waals surface area contributed by atoms with E-state index in [1.807, 2.05) is 45.0 Å². The van der Waals surface area contributed by atoms with Crippen LogP contribution in [0.25, 0.3) is 0 Å². The fourth-order valence-corrected chi connectivity index (χ4v) is 2.31. The number of aromatic nitrogens is 1. The van der Waals surface area contributed by atoms with Crippen molar-refractivity contribution in [1.29, 1.82) is 0 Å². The Bertz CT molecular complexity index is 652. The number of aryl methyl sites for hydroxylation is 2. The molecule has 1 aromatic heterocycles. The second kappa shape index (κ2) is 7.07. The first-order valence-electron chi connectivity index (χ1n) is 7.50. The van der Waals surface area contributed by atoms with E-state index >= 15 is 0 Å². The minimum atomic E-state index is -0.0471. The summed E-state index contributed by atoms with van der Waals surface area (Å²) in [5.41, 5.74) is 3.36. The van der Waals surface area contributed by atoms with Crippen LogP contribution in [0.5, 0.6) is 5.75 Å². The van der Waals surface area contributed by atoms with Gasteiger partial charge < -0.3 is 10.4 Å². The SMILES string of the molecule is Cc1cc(O)c(C(C)C)cc1NC(=O)CCc1ccccn1. The number of amides is 1. The predicted octanol–water partition coefficient (Wildman–Crippen LogP) is 3.79. The molecule has 0 aliphatic heterocycles. The van der Waals surface area contributed by atoms with E-state index < -0.39 is 0 Å². The highest BCUT2D eigenvalue weighted by molar-refractivity contribution is 5.91. The molecule has 0 saturated heterocycles. The van der Waals surface area contributed by atoms with Gasteiger partial charge in [-0.3, -0.25) is 9.78 Å². The van der Waals surface area contributed by atoms with E-state index in [1.54, 1.807) is 12.3 Å². The molecule has 0 unspecified atom stereocenters. The van der Waals surface area contributed by atoms with Crippen LogP contribution in [0.4, 0.5) is 5.69 Å². The zero-order chi connectivity index (χ0) is 16.1. The van der Waals surface area contributed by atoms with E-state index in [-0.39, 0.29) is 17.6 Å². The fourth-order valence-electron chi connectivity index (χ4n) is 2.31. The van der Waals surface area contributed by atoms with Crippen molar-refractivity contribution in [3.63, 3.8) is 0 Å². The van der Waals surface area contributed by atoms with Crippen LogP contribution in [-0.2, 0) is 11.2 Å². The number of carbonyl (C=O) groups is 1. The highest BCUT2D eigenvalue weighted by Gasteiger charge is 2.12. The lowest BCUT2D eigenvalue weighted by molar-refractivity contribution is -0.116. The molecule has 1 heterocycles. The van der Waals surface area contributed by atoms with Crippen molar-refractivity contribution in [2.24, 2.45) is 0 Å². The van der Waals surface area contributed by atoms with E-state index in [0.717, 1.165) is 22.5 Å². The third kappa shape index (κ3) is 4.07. The third-order valence-electron chi connectivity index (χ3n) is 3.60. The monoisotopic (exact) mass is 298 g/mol. The number of hydrogen-bond acceptors (Lipinski definition) is 3. The minimum Gasteiger partial charge on any atom is -0.508 e. The maximum absolute atomic E-state index is 12.1. The summed E-state index contributed by atoms with van der Waals surface area (Å²) in [6.07, 6.45) is 2.72. The number of phenolic OH excluding ortho intramolecular Hbond substituents is 1. The number of hydrogen-bond donors (Lipinski definition) is 2. The average molecular weight is 298 g/mol. The van der Waals surface area contributed by atoms with Crippen molar-refractivity contribution in [3.8, 4) is 5.75 Å². The van der Waals surface area contributed by atoms with Crippen molar-refractivity contribution in [1.82, 2.24) is 4.98 Å². The smallest absolute Gasteiger partial charge is 0.224 e.